The van der Waals surface area contributed by atoms with Gasteiger partial charge in [0.2, 0.25) is 0 Å². The van der Waals surface area contributed by atoms with Crippen LogP contribution in [0.2, 0.25) is 5.02 Å². The van der Waals surface area contributed by atoms with E-state index >= 15 is 0 Å². The van der Waals surface area contributed by atoms with E-state index < -0.39 is 0 Å². The Morgan fingerprint density at radius 2 is 2.00 bits per heavy atom. The van der Waals surface area contributed by atoms with Crippen molar-refractivity contribution in [2.45, 2.75) is 13.1 Å². The van der Waals surface area contributed by atoms with Gasteiger partial charge in [-0.3, -0.25) is 0 Å². The highest BCUT2D eigenvalue weighted by Crippen LogP contribution is 2.21. The van der Waals surface area contributed by atoms with E-state index in [2.05, 4.69) is 5.32 Å². The number of ether oxygens (including phenoxy) is 1. The number of benzene rings is 2. The molecule has 0 aliphatic carbocycles. The first kappa shape index (κ1) is 13.7. The molecule has 2 N–H and O–H groups in total. The Balaban J connectivity index is 1.94. The summed E-state index contributed by atoms with van der Waals surface area (Å²) < 4.78 is 5.17. The van der Waals surface area contributed by atoms with Gasteiger partial charge in [0.05, 0.1) is 7.11 Å². The average Bonchev–Trinajstić information content (AvgIpc) is 2.43. The zero-order valence-electron chi connectivity index (χ0n) is 10.7. The Kier molecular flexibility index (Phi) is 4.66. The number of halogens is 1. The Morgan fingerprint density at radius 1 is 1.16 bits per heavy atom. The molecule has 2 aromatic carbocycles. The highest BCUT2D eigenvalue weighted by atomic mass is 35.5. The van der Waals surface area contributed by atoms with Crippen LogP contribution in [-0.2, 0) is 13.1 Å². The minimum Gasteiger partial charge on any atom is -0.508 e. The van der Waals surface area contributed by atoms with E-state index in [0.717, 1.165) is 16.9 Å². The van der Waals surface area contributed by atoms with Gasteiger partial charge in [0, 0.05) is 23.7 Å². The van der Waals surface area contributed by atoms with Crippen molar-refractivity contribution in [2.75, 3.05) is 7.11 Å². The molecule has 0 aromatic heterocycles. The van der Waals surface area contributed by atoms with Gasteiger partial charge in [0.15, 0.2) is 0 Å². The summed E-state index contributed by atoms with van der Waals surface area (Å²) in [6, 6.07) is 12.9. The van der Waals surface area contributed by atoms with E-state index in [0.29, 0.717) is 18.1 Å². The highest BCUT2D eigenvalue weighted by Gasteiger charge is 2.02. The fourth-order valence-electron chi connectivity index (χ4n) is 1.82. The van der Waals surface area contributed by atoms with Crippen LogP contribution in [0.5, 0.6) is 11.5 Å². The summed E-state index contributed by atoms with van der Waals surface area (Å²) in [7, 11) is 1.65. The van der Waals surface area contributed by atoms with Crippen molar-refractivity contribution in [3.8, 4) is 11.5 Å². The van der Waals surface area contributed by atoms with Gasteiger partial charge in [-0.15, -0.1) is 0 Å². The van der Waals surface area contributed by atoms with E-state index in [9.17, 15) is 5.11 Å². The molecule has 100 valence electrons. The van der Waals surface area contributed by atoms with Crippen LogP contribution in [0.15, 0.2) is 42.5 Å². The maximum absolute atomic E-state index is 9.70. The lowest BCUT2D eigenvalue weighted by molar-refractivity contribution is 0.414. The molecule has 0 radical (unpaired) electrons. The van der Waals surface area contributed by atoms with Gasteiger partial charge in [-0.25, -0.2) is 0 Å². The number of hydrogen-bond acceptors (Lipinski definition) is 3. The molecular weight excluding hydrogens is 262 g/mol. The standard InChI is InChI=1S/C15H16ClNO2/c1-19-14-4-2-3-11(7-14)9-17-10-12-8-13(16)5-6-15(12)18/h2-8,17-18H,9-10H2,1H3. The quantitative estimate of drug-likeness (QED) is 0.881. The maximum atomic E-state index is 9.70. The number of rotatable bonds is 5. The summed E-state index contributed by atoms with van der Waals surface area (Å²) in [4.78, 5) is 0. The van der Waals surface area contributed by atoms with Crippen LogP contribution < -0.4 is 10.1 Å². The molecule has 0 spiro atoms. The summed E-state index contributed by atoms with van der Waals surface area (Å²) in [6.45, 7) is 1.26. The summed E-state index contributed by atoms with van der Waals surface area (Å²) >= 11 is 5.90. The first-order valence-corrected chi connectivity index (χ1v) is 6.38. The minimum atomic E-state index is 0.252. The van der Waals surface area contributed by atoms with Gasteiger partial charge < -0.3 is 15.2 Å². The van der Waals surface area contributed by atoms with E-state index in [4.69, 9.17) is 16.3 Å². The maximum Gasteiger partial charge on any atom is 0.120 e. The molecule has 0 saturated carbocycles. The van der Waals surface area contributed by atoms with Crippen molar-refractivity contribution < 1.29 is 9.84 Å². The van der Waals surface area contributed by atoms with Gasteiger partial charge in [0.25, 0.3) is 0 Å². The summed E-state index contributed by atoms with van der Waals surface area (Å²) in [5.41, 5.74) is 1.91. The third-order valence-electron chi connectivity index (χ3n) is 2.82. The predicted molar refractivity (Wildman–Crippen MR) is 76.7 cm³/mol. The molecule has 0 fully saturated rings. The molecule has 0 aliphatic heterocycles. The number of nitrogens with one attached hydrogen (secondary N) is 1. The summed E-state index contributed by atoms with van der Waals surface area (Å²) in [5.74, 6) is 1.09. The zero-order valence-corrected chi connectivity index (χ0v) is 11.4. The van der Waals surface area contributed by atoms with Crippen molar-refractivity contribution in [1.29, 1.82) is 0 Å². The lowest BCUT2D eigenvalue weighted by Crippen LogP contribution is -2.12. The van der Waals surface area contributed by atoms with Gasteiger partial charge in [-0.1, -0.05) is 23.7 Å². The van der Waals surface area contributed by atoms with E-state index in [1.165, 1.54) is 0 Å². The van der Waals surface area contributed by atoms with Crippen molar-refractivity contribution in [2.24, 2.45) is 0 Å². The molecule has 2 rings (SSSR count). The van der Waals surface area contributed by atoms with Crippen molar-refractivity contribution in [1.82, 2.24) is 5.32 Å². The van der Waals surface area contributed by atoms with E-state index in [1.807, 2.05) is 24.3 Å². The lowest BCUT2D eigenvalue weighted by atomic mass is 10.2. The number of phenolic OH excluding ortho intramolecular Hbond substituents is 1. The van der Waals surface area contributed by atoms with Crippen molar-refractivity contribution in [3.05, 3.63) is 58.6 Å². The van der Waals surface area contributed by atoms with Gasteiger partial charge in [-0.2, -0.15) is 0 Å². The first-order chi connectivity index (χ1) is 9.19. The molecule has 0 bridgehead atoms. The van der Waals surface area contributed by atoms with Crippen molar-refractivity contribution >= 4 is 11.6 Å². The molecular formula is C15H16ClNO2. The lowest BCUT2D eigenvalue weighted by Gasteiger charge is -2.08. The Morgan fingerprint density at radius 3 is 2.79 bits per heavy atom. The first-order valence-electron chi connectivity index (χ1n) is 6.00. The van der Waals surface area contributed by atoms with Gasteiger partial charge in [-0.05, 0) is 35.9 Å². The highest BCUT2D eigenvalue weighted by molar-refractivity contribution is 6.30. The second-order valence-electron chi connectivity index (χ2n) is 4.23. The molecule has 0 aliphatic rings. The molecule has 3 nitrogen and oxygen atoms in total. The van der Waals surface area contributed by atoms with Crippen LogP contribution in [0.25, 0.3) is 0 Å². The molecule has 2 aromatic rings. The average molecular weight is 278 g/mol. The normalized spacial score (nSPS) is 10.4. The molecule has 0 unspecified atom stereocenters. The van der Waals surface area contributed by atoms with Gasteiger partial charge in [0.1, 0.15) is 11.5 Å². The summed E-state index contributed by atoms with van der Waals surface area (Å²) in [5, 5.41) is 13.6. The fourth-order valence-corrected chi connectivity index (χ4v) is 2.01. The summed E-state index contributed by atoms with van der Waals surface area (Å²) in [6.07, 6.45) is 0. The third kappa shape index (κ3) is 3.88. The Hall–Kier alpha value is -1.71. The minimum absolute atomic E-state index is 0.252. The van der Waals surface area contributed by atoms with Crippen LogP contribution in [0.3, 0.4) is 0 Å². The second-order valence-corrected chi connectivity index (χ2v) is 4.66. The number of hydrogen-bond donors (Lipinski definition) is 2. The topological polar surface area (TPSA) is 41.5 Å². The molecule has 0 saturated heterocycles. The molecule has 4 heteroatoms. The Bertz CT molecular complexity index is 558. The monoisotopic (exact) mass is 277 g/mol. The predicted octanol–water partition coefficient (Wildman–Crippen LogP) is 3.34. The fraction of sp³-hybridized carbons (Fsp3) is 0.200. The van der Waals surface area contributed by atoms with Gasteiger partial charge >= 0.3 is 0 Å². The molecule has 0 heterocycles. The Labute approximate surface area is 117 Å². The SMILES string of the molecule is COc1cccc(CNCc2cc(Cl)ccc2O)c1. The van der Waals surface area contributed by atoms with Crippen LogP contribution in [0.1, 0.15) is 11.1 Å². The molecule has 0 atom stereocenters. The second kappa shape index (κ2) is 6.45. The number of methoxy groups -OCH3 is 1. The van der Waals surface area contributed by atoms with Crippen LogP contribution in [-0.4, -0.2) is 12.2 Å². The largest absolute Gasteiger partial charge is 0.508 e. The number of phenols is 1. The van der Waals surface area contributed by atoms with E-state index in [1.54, 1.807) is 25.3 Å². The van der Waals surface area contributed by atoms with Crippen LogP contribution >= 0.6 is 11.6 Å². The van der Waals surface area contributed by atoms with Crippen molar-refractivity contribution in [3.63, 3.8) is 0 Å². The third-order valence-corrected chi connectivity index (χ3v) is 3.06. The van der Waals surface area contributed by atoms with Crippen LogP contribution in [0.4, 0.5) is 0 Å². The molecule has 0 amide bonds. The zero-order chi connectivity index (χ0) is 13.7. The van der Waals surface area contributed by atoms with Crippen LogP contribution in [0, 0.1) is 0 Å². The van der Waals surface area contributed by atoms with E-state index in [-0.39, 0.29) is 5.75 Å². The molecule has 19 heavy (non-hydrogen) atoms. The number of aromatic hydroxyl groups is 1. The smallest absolute Gasteiger partial charge is 0.120 e.